The Morgan fingerprint density at radius 1 is 1.41 bits per heavy atom. The van der Waals surface area contributed by atoms with Gasteiger partial charge in [-0.15, -0.1) is 0 Å². The number of halogens is 1. The average molecular weight is 257 g/mol. The molecule has 0 bridgehead atoms. The van der Waals surface area contributed by atoms with Crippen molar-refractivity contribution in [1.29, 1.82) is 0 Å². The Balaban J connectivity index is 3.11. The fourth-order valence-corrected chi connectivity index (χ4v) is 1.58. The van der Waals surface area contributed by atoms with Crippen LogP contribution in [0.4, 0.5) is 0 Å². The molecule has 4 heteroatoms. The predicted octanol–water partition coefficient (Wildman–Crippen LogP) is 3.73. The number of hydrogen-bond donors (Lipinski definition) is 0. The molecule has 0 heterocycles. The largest absolute Gasteiger partial charge is 0.490 e. The summed E-state index contributed by atoms with van der Waals surface area (Å²) in [5, 5.41) is 0.401. The monoisotopic (exact) mass is 256 g/mol. The Labute approximate surface area is 107 Å². The van der Waals surface area contributed by atoms with E-state index in [4.69, 9.17) is 21.1 Å². The van der Waals surface area contributed by atoms with Crippen molar-refractivity contribution in [2.75, 3.05) is 6.61 Å². The van der Waals surface area contributed by atoms with E-state index >= 15 is 0 Å². The molecule has 3 nitrogen and oxygen atoms in total. The third-order valence-electron chi connectivity index (χ3n) is 2.36. The lowest BCUT2D eigenvalue weighted by Gasteiger charge is -2.17. The highest BCUT2D eigenvalue weighted by atomic mass is 35.5. The number of ether oxygens (including phenoxy) is 2. The van der Waals surface area contributed by atoms with Crippen LogP contribution in [0.15, 0.2) is 12.1 Å². The lowest BCUT2D eigenvalue weighted by molar-refractivity contribution is 0.112. The fourth-order valence-electron chi connectivity index (χ4n) is 1.32. The molecule has 0 saturated carbocycles. The maximum atomic E-state index is 10.7. The highest BCUT2D eigenvalue weighted by Gasteiger charge is 2.14. The predicted molar refractivity (Wildman–Crippen MR) is 68.4 cm³/mol. The minimum absolute atomic E-state index is 0.0498. The van der Waals surface area contributed by atoms with Crippen molar-refractivity contribution in [3.8, 4) is 11.5 Å². The summed E-state index contributed by atoms with van der Waals surface area (Å²) in [4.78, 5) is 10.7. The van der Waals surface area contributed by atoms with Gasteiger partial charge in [0.05, 0.1) is 17.7 Å². The summed E-state index contributed by atoms with van der Waals surface area (Å²) >= 11 is 6.09. The first-order chi connectivity index (χ1) is 8.12. The van der Waals surface area contributed by atoms with Gasteiger partial charge in [0.1, 0.15) is 6.29 Å². The van der Waals surface area contributed by atoms with E-state index in [-0.39, 0.29) is 6.10 Å². The van der Waals surface area contributed by atoms with Crippen LogP contribution in [0.2, 0.25) is 5.02 Å². The topological polar surface area (TPSA) is 35.5 Å². The molecule has 94 valence electrons. The van der Waals surface area contributed by atoms with Crippen molar-refractivity contribution >= 4 is 17.9 Å². The first-order valence-corrected chi connectivity index (χ1v) is 6.08. The maximum Gasteiger partial charge on any atom is 0.180 e. The quantitative estimate of drug-likeness (QED) is 0.728. The molecular formula is C13H17ClO3. The lowest BCUT2D eigenvalue weighted by atomic mass is 10.2. The molecule has 0 spiro atoms. The van der Waals surface area contributed by atoms with Gasteiger partial charge < -0.3 is 9.47 Å². The van der Waals surface area contributed by atoms with E-state index < -0.39 is 0 Å². The van der Waals surface area contributed by atoms with Crippen LogP contribution in [0.5, 0.6) is 11.5 Å². The van der Waals surface area contributed by atoms with Crippen molar-refractivity contribution in [2.45, 2.75) is 33.3 Å². The number of carbonyl (C=O) groups is 1. The Hall–Kier alpha value is -1.22. The normalized spacial score (nSPS) is 12.0. The van der Waals surface area contributed by atoms with Gasteiger partial charge in [0.2, 0.25) is 0 Å². The van der Waals surface area contributed by atoms with Gasteiger partial charge in [-0.2, -0.15) is 0 Å². The highest BCUT2D eigenvalue weighted by Crippen LogP contribution is 2.37. The van der Waals surface area contributed by atoms with Gasteiger partial charge in [-0.05, 0) is 32.4 Å². The lowest BCUT2D eigenvalue weighted by Crippen LogP contribution is -2.11. The molecule has 0 aromatic heterocycles. The third kappa shape index (κ3) is 3.63. The molecule has 1 atom stereocenters. The van der Waals surface area contributed by atoms with E-state index in [0.717, 1.165) is 12.7 Å². The molecule has 1 aromatic rings. The second-order valence-electron chi connectivity index (χ2n) is 3.72. The molecule has 0 radical (unpaired) electrons. The standard InChI is InChI=1S/C13H17ClO3/c1-4-9(3)17-13-11(14)6-10(8-15)7-12(13)16-5-2/h6-9H,4-5H2,1-3H3/t9-/m1/s1. The van der Waals surface area contributed by atoms with Gasteiger partial charge in [0, 0.05) is 5.56 Å². The summed E-state index contributed by atoms with van der Waals surface area (Å²) < 4.78 is 11.1. The molecule has 1 aromatic carbocycles. The molecule has 0 aliphatic carbocycles. The average Bonchev–Trinajstić information content (AvgIpc) is 2.33. The van der Waals surface area contributed by atoms with Gasteiger partial charge in [0.25, 0.3) is 0 Å². The number of rotatable bonds is 6. The Morgan fingerprint density at radius 3 is 2.65 bits per heavy atom. The smallest absolute Gasteiger partial charge is 0.180 e. The van der Waals surface area contributed by atoms with Gasteiger partial charge in [-0.1, -0.05) is 18.5 Å². The molecule has 17 heavy (non-hydrogen) atoms. The summed E-state index contributed by atoms with van der Waals surface area (Å²) in [7, 11) is 0. The first-order valence-electron chi connectivity index (χ1n) is 5.70. The minimum atomic E-state index is 0.0498. The van der Waals surface area contributed by atoms with Crippen LogP contribution in [0.25, 0.3) is 0 Å². The van der Waals surface area contributed by atoms with Gasteiger partial charge in [-0.25, -0.2) is 0 Å². The number of benzene rings is 1. The molecule has 1 rings (SSSR count). The molecule has 0 aliphatic rings. The molecule has 0 amide bonds. The third-order valence-corrected chi connectivity index (χ3v) is 2.64. The Bertz CT molecular complexity index is 390. The van der Waals surface area contributed by atoms with E-state index in [1.807, 2.05) is 20.8 Å². The van der Waals surface area contributed by atoms with Crippen molar-refractivity contribution < 1.29 is 14.3 Å². The van der Waals surface area contributed by atoms with Crippen LogP contribution >= 0.6 is 11.6 Å². The summed E-state index contributed by atoms with van der Waals surface area (Å²) in [5.74, 6) is 1.02. The van der Waals surface area contributed by atoms with Crippen molar-refractivity contribution in [3.05, 3.63) is 22.7 Å². The number of carbonyl (C=O) groups excluding carboxylic acids is 1. The van der Waals surface area contributed by atoms with Crippen LogP contribution in [-0.4, -0.2) is 19.0 Å². The van der Waals surface area contributed by atoms with Gasteiger partial charge in [0.15, 0.2) is 11.5 Å². The van der Waals surface area contributed by atoms with E-state index in [1.54, 1.807) is 12.1 Å². The minimum Gasteiger partial charge on any atom is -0.490 e. The molecule has 0 unspecified atom stereocenters. The zero-order chi connectivity index (χ0) is 12.8. The zero-order valence-electron chi connectivity index (χ0n) is 10.3. The Kier molecular flexibility index (Phi) is 5.29. The number of aldehydes is 1. The summed E-state index contributed by atoms with van der Waals surface area (Å²) in [6, 6.07) is 3.22. The van der Waals surface area contributed by atoms with E-state index in [2.05, 4.69) is 0 Å². The second-order valence-corrected chi connectivity index (χ2v) is 4.12. The van der Waals surface area contributed by atoms with Crippen LogP contribution in [-0.2, 0) is 0 Å². The van der Waals surface area contributed by atoms with Crippen LogP contribution < -0.4 is 9.47 Å². The Morgan fingerprint density at radius 2 is 2.12 bits per heavy atom. The molecule has 0 saturated heterocycles. The van der Waals surface area contributed by atoms with Gasteiger partial charge in [-0.3, -0.25) is 4.79 Å². The first kappa shape index (κ1) is 13.8. The van der Waals surface area contributed by atoms with Crippen LogP contribution in [0.3, 0.4) is 0 Å². The van der Waals surface area contributed by atoms with Crippen molar-refractivity contribution in [2.24, 2.45) is 0 Å². The summed E-state index contributed by atoms with van der Waals surface area (Å²) in [6.45, 7) is 6.35. The molecule has 0 fully saturated rings. The summed E-state index contributed by atoms with van der Waals surface area (Å²) in [6.07, 6.45) is 1.66. The SMILES string of the molecule is CCOc1cc(C=O)cc(Cl)c1O[C@H](C)CC. The maximum absolute atomic E-state index is 10.7. The van der Waals surface area contributed by atoms with Gasteiger partial charge >= 0.3 is 0 Å². The second kappa shape index (κ2) is 6.50. The highest BCUT2D eigenvalue weighted by molar-refractivity contribution is 6.32. The molecular weight excluding hydrogens is 240 g/mol. The van der Waals surface area contributed by atoms with E-state index in [9.17, 15) is 4.79 Å². The van der Waals surface area contributed by atoms with Crippen LogP contribution in [0, 0.1) is 0 Å². The van der Waals surface area contributed by atoms with Crippen LogP contribution in [0.1, 0.15) is 37.6 Å². The van der Waals surface area contributed by atoms with Crippen molar-refractivity contribution in [1.82, 2.24) is 0 Å². The number of hydrogen-bond acceptors (Lipinski definition) is 3. The fraction of sp³-hybridized carbons (Fsp3) is 0.462. The van der Waals surface area contributed by atoms with E-state index in [1.165, 1.54) is 0 Å². The molecule has 0 N–H and O–H groups in total. The summed E-state index contributed by atoms with van der Waals surface area (Å²) in [5.41, 5.74) is 0.481. The van der Waals surface area contributed by atoms with Crippen molar-refractivity contribution in [3.63, 3.8) is 0 Å². The van der Waals surface area contributed by atoms with E-state index in [0.29, 0.717) is 28.7 Å². The molecule has 0 aliphatic heterocycles. The zero-order valence-corrected chi connectivity index (χ0v) is 11.1.